The van der Waals surface area contributed by atoms with Crippen molar-refractivity contribution in [3.8, 4) is 0 Å². The topological polar surface area (TPSA) is 63.8 Å². The molecular weight excluding hydrogens is 267 g/mol. The first kappa shape index (κ1) is 9.66. The highest BCUT2D eigenvalue weighted by molar-refractivity contribution is 14.1. The maximum absolute atomic E-state index is 5.36. The Bertz CT molecular complexity index is 241. The number of anilines is 1. The number of hydrogen-bond acceptors (Lipinski definition) is 4. The molecule has 0 saturated heterocycles. The van der Waals surface area contributed by atoms with E-state index in [9.17, 15) is 0 Å². The van der Waals surface area contributed by atoms with Crippen LogP contribution in [-0.4, -0.2) is 23.1 Å². The van der Waals surface area contributed by atoms with Crippen LogP contribution in [0.5, 0.6) is 0 Å². The van der Waals surface area contributed by atoms with Gasteiger partial charge in [0.15, 0.2) is 0 Å². The molecular formula is C7H11IN4. The summed E-state index contributed by atoms with van der Waals surface area (Å²) in [7, 11) is 0. The minimum atomic E-state index is 0.703. The number of halogens is 1. The van der Waals surface area contributed by atoms with Crippen molar-refractivity contribution in [1.82, 2.24) is 9.97 Å². The normalized spacial score (nSPS) is 9.83. The van der Waals surface area contributed by atoms with Gasteiger partial charge in [0, 0.05) is 12.7 Å². The van der Waals surface area contributed by atoms with Gasteiger partial charge in [0.2, 0.25) is 0 Å². The molecule has 1 rings (SSSR count). The van der Waals surface area contributed by atoms with Crippen LogP contribution in [0.4, 0.5) is 5.82 Å². The highest BCUT2D eigenvalue weighted by Crippen LogP contribution is 2.11. The Morgan fingerprint density at radius 3 is 3.08 bits per heavy atom. The zero-order chi connectivity index (χ0) is 8.81. The molecule has 0 amide bonds. The lowest BCUT2D eigenvalue weighted by Crippen LogP contribution is -2.10. The van der Waals surface area contributed by atoms with Crippen LogP contribution >= 0.6 is 22.6 Å². The third-order valence-corrected chi connectivity index (χ3v) is 2.13. The van der Waals surface area contributed by atoms with E-state index < -0.39 is 0 Å². The zero-order valence-corrected chi connectivity index (χ0v) is 8.78. The monoisotopic (exact) mass is 278 g/mol. The van der Waals surface area contributed by atoms with Crippen LogP contribution in [0.3, 0.4) is 0 Å². The first-order valence-electron chi connectivity index (χ1n) is 3.74. The summed E-state index contributed by atoms with van der Waals surface area (Å²) in [5.41, 5.74) is 5.36. The Hall–Kier alpha value is -0.430. The highest BCUT2D eigenvalue weighted by atomic mass is 127. The smallest absolute Gasteiger partial charge is 0.142 e. The van der Waals surface area contributed by atoms with E-state index in [0.29, 0.717) is 6.54 Å². The average molecular weight is 278 g/mol. The predicted octanol–water partition coefficient (Wildman–Crippen LogP) is 0.842. The third kappa shape index (κ3) is 2.90. The molecule has 0 aliphatic heterocycles. The van der Waals surface area contributed by atoms with E-state index >= 15 is 0 Å². The molecule has 0 saturated carbocycles. The third-order valence-electron chi connectivity index (χ3n) is 1.34. The SMILES string of the molecule is NCCCNc1ncncc1I. The summed E-state index contributed by atoms with van der Waals surface area (Å²) in [6.07, 6.45) is 4.27. The van der Waals surface area contributed by atoms with Crippen LogP contribution < -0.4 is 11.1 Å². The molecule has 1 aromatic rings. The second kappa shape index (κ2) is 5.26. The maximum atomic E-state index is 5.36. The zero-order valence-electron chi connectivity index (χ0n) is 6.63. The summed E-state index contributed by atoms with van der Waals surface area (Å²) in [4.78, 5) is 7.97. The molecule has 0 aliphatic rings. The number of aromatic nitrogens is 2. The molecule has 3 N–H and O–H groups in total. The van der Waals surface area contributed by atoms with Crippen molar-refractivity contribution in [3.05, 3.63) is 16.1 Å². The van der Waals surface area contributed by atoms with E-state index in [-0.39, 0.29) is 0 Å². The van der Waals surface area contributed by atoms with Crippen molar-refractivity contribution >= 4 is 28.4 Å². The molecule has 0 radical (unpaired) electrons. The van der Waals surface area contributed by atoms with Crippen molar-refractivity contribution in [3.63, 3.8) is 0 Å². The molecule has 5 heteroatoms. The van der Waals surface area contributed by atoms with Gasteiger partial charge in [-0.05, 0) is 35.6 Å². The minimum absolute atomic E-state index is 0.703. The maximum Gasteiger partial charge on any atom is 0.142 e. The first-order chi connectivity index (χ1) is 5.84. The Morgan fingerprint density at radius 2 is 2.42 bits per heavy atom. The molecule has 0 spiro atoms. The van der Waals surface area contributed by atoms with Crippen LogP contribution in [-0.2, 0) is 0 Å². The largest absolute Gasteiger partial charge is 0.369 e. The highest BCUT2D eigenvalue weighted by Gasteiger charge is 1.97. The fraction of sp³-hybridized carbons (Fsp3) is 0.429. The van der Waals surface area contributed by atoms with Crippen molar-refractivity contribution in [2.45, 2.75) is 6.42 Å². The van der Waals surface area contributed by atoms with Crippen molar-refractivity contribution < 1.29 is 0 Å². The Labute approximate surface area is 85.1 Å². The van der Waals surface area contributed by atoms with Gasteiger partial charge in [0.25, 0.3) is 0 Å². The van der Waals surface area contributed by atoms with E-state index in [1.807, 2.05) is 0 Å². The number of nitrogens with one attached hydrogen (secondary N) is 1. The molecule has 1 aromatic heterocycles. The standard InChI is InChI=1S/C7H11IN4/c8-6-4-10-5-12-7(6)11-3-1-2-9/h4-5H,1-3,9H2,(H,10,11,12). The molecule has 0 fully saturated rings. The molecule has 1 heterocycles. The molecule has 4 nitrogen and oxygen atoms in total. The summed E-state index contributed by atoms with van der Waals surface area (Å²) in [6.45, 7) is 1.57. The molecule has 0 aromatic carbocycles. The van der Waals surface area contributed by atoms with Crippen LogP contribution in [0.15, 0.2) is 12.5 Å². The molecule has 66 valence electrons. The summed E-state index contributed by atoms with van der Waals surface area (Å²) in [5.74, 6) is 0.888. The van der Waals surface area contributed by atoms with Gasteiger partial charge in [-0.25, -0.2) is 9.97 Å². The van der Waals surface area contributed by atoms with Gasteiger partial charge in [-0.15, -0.1) is 0 Å². The van der Waals surface area contributed by atoms with E-state index in [0.717, 1.165) is 22.4 Å². The van der Waals surface area contributed by atoms with Gasteiger partial charge < -0.3 is 11.1 Å². The van der Waals surface area contributed by atoms with Crippen LogP contribution in [0.1, 0.15) is 6.42 Å². The van der Waals surface area contributed by atoms with E-state index in [1.54, 1.807) is 6.20 Å². The lowest BCUT2D eigenvalue weighted by molar-refractivity contribution is 0.868. The lowest BCUT2D eigenvalue weighted by Gasteiger charge is -2.04. The fourth-order valence-corrected chi connectivity index (χ4v) is 1.24. The first-order valence-corrected chi connectivity index (χ1v) is 4.82. The second-order valence-electron chi connectivity index (χ2n) is 2.29. The summed E-state index contributed by atoms with van der Waals surface area (Å²) < 4.78 is 1.03. The average Bonchev–Trinajstić information content (AvgIpc) is 2.09. The summed E-state index contributed by atoms with van der Waals surface area (Å²) in [6, 6.07) is 0. The molecule has 12 heavy (non-hydrogen) atoms. The van der Waals surface area contributed by atoms with Gasteiger partial charge in [-0.1, -0.05) is 0 Å². The van der Waals surface area contributed by atoms with Gasteiger partial charge in [0.05, 0.1) is 3.57 Å². The lowest BCUT2D eigenvalue weighted by atomic mass is 10.4. The van der Waals surface area contributed by atoms with Crippen molar-refractivity contribution in [1.29, 1.82) is 0 Å². The van der Waals surface area contributed by atoms with Gasteiger partial charge in [0.1, 0.15) is 12.1 Å². The predicted molar refractivity (Wildman–Crippen MR) is 56.9 cm³/mol. The van der Waals surface area contributed by atoms with E-state index in [2.05, 4.69) is 37.9 Å². The van der Waals surface area contributed by atoms with E-state index in [1.165, 1.54) is 6.33 Å². The van der Waals surface area contributed by atoms with Crippen LogP contribution in [0.25, 0.3) is 0 Å². The fourth-order valence-electron chi connectivity index (χ4n) is 0.752. The Morgan fingerprint density at radius 1 is 1.58 bits per heavy atom. The number of nitrogens with two attached hydrogens (primary N) is 1. The van der Waals surface area contributed by atoms with Crippen LogP contribution in [0.2, 0.25) is 0 Å². The van der Waals surface area contributed by atoms with Gasteiger partial charge >= 0.3 is 0 Å². The Balaban J connectivity index is 2.46. The van der Waals surface area contributed by atoms with Crippen LogP contribution in [0, 0.1) is 3.57 Å². The molecule has 0 aliphatic carbocycles. The van der Waals surface area contributed by atoms with E-state index in [4.69, 9.17) is 5.73 Å². The number of nitrogens with zero attached hydrogens (tertiary/aromatic N) is 2. The quantitative estimate of drug-likeness (QED) is 0.633. The van der Waals surface area contributed by atoms with Gasteiger partial charge in [-0.2, -0.15) is 0 Å². The second-order valence-corrected chi connectivity index (χ2v) is 3.45. The minimum Gasteiger partial charge on any atom is -0.369 e. The van der Waals surface area contributed by atoms with Gasteiger partial charge in [-0.3, -0.25) is 0 Å². The van der Waals surface area contributed by atoms with Crippen molar-refractivity contribution in [2.24, 2.45) is 5.73 Å². The molecule has 0 unspecified atom stereocenters. The molecule has 0 atom stereocenters. The number of rotatable bonds is 4. The number of hydrogen-bond donors (Lipinski definition) is 2. The Kier molecular flexibility index (Phi) is 4.23. The summed E-state index contributed by atoms with van der Waals surface area (Å²) >= 11 is 2.19. The van der Waals surface area contributed by atoms with Crippen molar-refractivity contribution in [2.75, 3.05) is 18.4 Å². The summed E-state index contributed by atoms with van der Waals surface area (Å²) in [5, 5.41) is 3.18. The molecule has 0 bridgehead atoms.